The third-order valence-electron chi connectivity index (χ3n) is 2.41. The van der Waals surface area contributed by atoms with Crippen LogP contribution in [0.3, 0.4) is 0 Å². The van der Waals surface area contributed by atoms with Crippen LogP contribution in [0, 0.1) is 0 Å². The van der Waals surface area contributed by atoms with E-state index >= 15 is 0 Å². The first-order valence-electron chi connectivity index (χ1n) is 6.09. The Balaban J connectivity index is 1.86. The van der Waals surface area contributed by atoms with E-state index in [1.165, 1.54) is 6.33 Å². The molecule has 5 heteroatoms. The minimum Gasteiger partial charge on any atom is -0.478 e. The fraction of sp³-hybridized carbons (Fsp3) is 0.385. The molecule has 5 nitrogen and oxygen atoms in total. The summed E-state index contributed by atoms with van der Waals surface area (Å²) in [7, 11) is 0. The zero-order valence-electron chi connectivity index (χ0n) is 10.4. The topological polar surface area (TPSA) is 60.2 Å². The standard InChI is InChI=1S/C13H17N3O2/c1-2-3-6-18-13-8-12(15-10-16-13)14-9-11-5-4-7-17-11/h4-5,7-8,10H,2-3,6,9H2,1H3,(H,14,15,16). The Labute approximate surface area is 106 Å². The molecule has 0 fully saturated rings. The summed E-state index contributed by atoms with van der Waals surface area (Å²) in [6, 6.07) is 5.56. The predicted octanol–water partition coefficient (Wildman–Crippen LogP) is 2.86. The highest BCUT2D eigenvalue weighted by Crippen LogP contribution is 2.12. The summed E-state index contributed by atoms with van der Waals surface area (Å²) in [6.45, 7) is 3.41. The molecule has 2 aromatic rings. The molecule has 0 amide bonds. The first kappa shape index (κ1) is 12.4. The summed E-state index contributed by atoms with van der Waals surface area (Å²) in [5, 5.41) is 3.15. The van der Waals surface area contributed by atoms with Gasteiger partial charge in [-0.3, -0.25) is 0 Å². The quantitative estimate of drug-likeness (QED) is 0.762. The monoisotopic (exact) mass is 247 g/mol. The van der Waals surface area contributed by atoms with Gasteiger partial charge in [-0.25, -0.2) is 9.97 Å². The van der Waals surface area contributed by atoms with Crippen LogP contribution in [-0.4, -0.2) is 16.6 Å². The third kappa shape index (κ3) is 3.76. The molecule has 2 rings (SSSR count). The van der Waals surface area contributed by atoms with E-state index in [1.807, 2.05) is 12.1 Å². The summed E-state index contributed by atoms with van der Waals surface area (Å²) >= 11 is 0. The number of aromatic nitrogens is 2. The van der Waals surface area contributed by atoms with Crippen molar-refractivity contribution in [2.75, 3.05) is 11.9 Å². The fourth-order valence-corrected chi connectivity index (χ4v) is 1.43. The number of nitrogens with one attached hydrogen (secondary N) is 1. The molecular formula is C13H17N3O2. The summed E-state index contributed by atoms with van der Waals surface area (Å²) in [4.78, 5) is 8.18. The molecule has 1 N–H and O–H groups in total. The maximum Gasteiger partial charge on any atom is 0.218 e. The predicted molar refractivity (Wildman–Crippen MR) is 68.5 cm³/mol. The Morgan fingerprint density at radius 1 is 1.39 bits per heavy atom. The molecule has 0 spiro atoms. The van der Waals surface area contributed by atoms with Crippen LogP contribution in [0.2, 0.25) is 0 Å². The smallest absolute Gasteiger partial charge is 0.218 e. The molecule has 0 saturated carbocycles. The van der Waals surface area contributed by atoms with Crippen molar-refractivity contribution in [1.82, 2.24) is 9.97 Å². The summed E-state index contributed by atoms with van der Waals surface area (Å²) in [6.07, 6.45) is 5.27. The highest BCUT2D eigenvalue weighted by atomic mass is 16.5. The van der Waals surface area contributed by atoms with Crippen molar-refractivity contribution in [3.8, 4) is 5.88 Å². The Hall–Kier alpha value is -2.04. The van der Waals surface area contributed by atoms with Gasteiger partial charge < -0.3 is 14.5 Å². The van der Waals surface area contributed by atoms with Crippen molar-refractivity contribution in [2.24, 2.45) is 0 Å². The zero-order chi connectivity index (χ0) is 12.6. The number of hydrogen-bond donors (Lipinski definition) is 1. The fourth-order valence-electron chi connectivity index (χ4n) is 1.43. The van der Waals surface area contributed by atoms with E-state index in [-0.39, 0.29) is 0 Å². The molecule has 0 saturated heterocycles. The van der Waals surface area contributed by atoms with E-state index in [4.69, 9.17) is 9.15 Å². The van der Waals surface area contributed by atoms with Crippen LogP contribution in [-0.2, 0) is 6.54 Å². The second-order valence-corrected chi connectivity index (χ2v) is 3.88. The van der Waals surface area contributed by atoms with Gasteiger partial charge in [-0.05, 0) is 18.6 Å². The van der Waals surface area contributed by atoms with Gasteiger partial charge in [0.1, 0.15) is 17.9 Å². The number of anilines is 1. The Morgan fingerprint density at radius 2 is 2.33 bits per heavy atom. The lowest BCUT2D eigenvalue weighted by atomic mass is 10.4. The highest BCUT2D eigenvalue weighted by molar-refractivity contribution is 5.37. The first-order chi connectivity index (χ1) is 8.88. The molecule has 0 atom stereocenters. The SMILES string of the molecule is CCCCOc1cc(NCc2ccco2)ncn1. The van der Waals surface area contributed by atoms with E-state index in [1.54, 1.807) is 12.3 Å². The molecule has 0 bridgehead atoms. The molecule has 2 heterocycles. The highest BCUT2D eigenvalue weighted by Gasteiger charge is 2.00. The Bertz CT molecular complexity index is 457. The number of rotatable bonds is 7. The average Bonchev–Trinajstić information content (AvgIpc) is 2.90. The van der Waals surface area contributed by atoms with Gasteiger partial charge in [0.25, 0.3) is 0 Å². The van der Waals surface area contributed by atoms with Crippen molar-refractivity contribution in [3.63, 3.8) is 0 Å². The summed E-state index contributed by atoms with van der Waals surface area (Å²) in [5.74, 6) is 2.19. The molecule has 0 aliphatic heterocycles. The lowest BCUT2D eigenvalue weighted by molar-refractivity contribution is 0.297. The van der Waals surface area contributed by atoms with E-state index in [0.717, 1.165) is 24.4 Å². The van der Waals surface area contributed by atoms with Gasteiger partial charge >= 0.3 is 0 Å². The maximum absolute atomic E-state index is 5.51. The van der Waals surface area contributed by atoms with E-state index in [9.17, 15) is 0 Å². The van der Waals surface area contributed by atoms with Crippen LogP contribution in [0.1, 0.15) is 25.5 Å². The van der Waals surface area contributed by atoms with Crippen molar-refractivity contribution >= 4 is 5.82 Å². The molecule has 0 unspecified atom stereocenters. The van der Waals surface area contributed by atoms with E-state index in [2.05, 4.69) is 22.2 Å². The normalized spacial score (nSPS) is 10.3. The lowest BCUT2D eigenvalue weighted by Crippen LogP contribution is -2.03. The maximum atomic E-state index is 5.51. The lowest BCUT2D eigenvalue weighted by Gasteiger charge is -2.06. The van der Waals surface area contributed by atoms with Crippen LogP contribution in [0.25, 0.3) is 0 Å². The zero-order valence-corrected chi connectivity index (χ0v) is 10.4. The molecule has 0 aromatic carbocycles. The largest absolute Gasteiger partial charge is 0.478 e. The van der Waals surface area contributed by atoms with Gasteiger partial charge in [0, 0.05) is 6.07 Å². The van der Waals surface area contributed by atoms with Crippen molar-refractivity contribution < 1.29 is 9.15 Å². The minimum absolute atomic E-state index is 0.596. The van der Waals surface area contributed by atoms with E-state index in [0.29, 0.717) is 19.0 Å². The van der Waals surface area contributed by atoms with Crippen LogP contribution < -0.4 is 10.1 Å². The van der Waals surface area contributed by atoms with Crippen molar-refractivity contribution in [3.05, 3.63) is 36.5 Å². The number of hydrogen-bond acceptors (Lipinski definition) is 5. The summed E-state index contributed by atoms with van der Waals surface area (Å²) < 4.78 is 10.7. The number of unbranched alkanes of at least 4 members (excludes halogenated alkanes) is 1. The van der Waals surface area contributed by atoms with Crippen LogP contribution >= 0.6 is 0 Å². The summed E-state index contributed by atoms with van der Waals surface area (Å²) in [5.41, 5.74) is 0. The number of ether oxygens (including phenoxy) is 1. The van der Waals surface area contributed by atoms with Crippen molar-refractivity contribution in [1.29, 1.82) is 0 Å². The molecule has 0 aliphatic rings. The molecule has 2 aromatic heterocycles. The van der Waals surface area contributed by atoms with Crippen molar-refractivity contribution in [2.45, 2.75) is 26.3 Å². The Morgan fingerprint density at radius 3 is 3.11 bits per heavy atom. The van der Waals surface area contributed by atoms with Crippen LogP contribution in [0.15, 0.2) is 35.2 Å². The molecular weight excluding hydrogens is 230 g/mol. The molecule has 0 aliphatic carbocycles. The van der Waals surface area contributed by atoms with Crippen LogP contribution in [0.5, 0.6) is 5.88 Å². The first-order valence-corrected chi connectivity index (χ1v) is 6.09. The molecule has 18 heavy (non-hydrogen) atoms. The molecule has 96 valence electrons. The molecule has 0 radical (unpaired) electrons. The van der Waals surface area contributed by atoms with Gasteiger partial charge in [0.15, 0.2) is 0 Å². The number of nitrogens with zero attached hydrogens (tertiary/aromatic N) is 2. The average molecular weight is 247 g/mol. The van der Waals surface area contributed by atoms with Crippen LogP contribution in [0.4, 0.5) is 5.82 Å². The van der Waals surface area contributed by atoms with Gasteiger partial charge in [-0.1, -0.05) is 13.3 Å². The second-order valence-electron chi connectivity index (χ2n) is 3.88. The van der Waals surface area contributed by atoms with E-state index < -0.39 is 0 Å². The van der Waals surface area contributed by atoms with Gasteiger partial charge in [-0.15, -0.1) is 0 Å². The number of furan rings is 1. The minimum atomic E-state index is 0.596. The third-order valence-corrected chi connectivity index (χ3v) is 2.41. The second kappa shape index (κ2) is 6.64. The van der Waals surface area contributed by atoms with Gasteiger partial charge in [0.05, 0.1) is 19.4 Å². The van der Waals surface area contributed by atoms with Gasteiger partial charge in [0.2, 0.25) is 5.88 Å². The Kier molecular flexibility index (Phi) is 4.58. The van der Waals surface area contributed by atoms with Gasteiger partial charge in [-0.2, -0.15) is 0 Å².